The van der Waals surface area contributed by atoms with Gasteiger partial charge < -0.3 is 0 Å². The molecule has 1 aromatic rings. The summed E-state index contributed by atoms with van der Waals surface area (Å²) in [5.74, 6) is 1.02. The van der Waals surface area contributed by atoms with Crippen LogP contribution in [0.1, 0.15) is 24.0 Å². The van der Waals surface area contributed by atoms with Gasteiger partial charge in [-0.15, -0.1) is 0 Å². The van der Waals surface area contributed by atoms with Crippen LogP contribution in [-0.4, -0.2) is 6.04 Å². The van der Waals surface area contributed by atoms with Crippen LogP contribution in [0.2, 0.25) is 0 Å². The third-order valence-electron chi connectivity index (χ3n) is 4.08. The van der Waals surface area contributed by atoms with Gasteiger partial charge in [0, 0.05) is 0 Å². The van der Waals surface area contributed by atoms with Crippen LogP contribution in [0.5, 0.6) is 0 Å². The molecule has 0 amide bonds. The Labute approximate surface area is 89.7 Å². The SMILES string of the molecule is O=NC1[C@@H]2CC[C@H]1Cc1ccccc1C2. The van der Waals surface area contributed by atoms with E-state index in [1.807, 2.05) is 0 Å². The smallest absolute Gasteiger partial charge is 0.0982 e. The van der Waals surface area contributed by atoms with Crippen LogP contribution >= 0.6 is 0 Å². The fourth-order valence-corrected chi connectivity index (χ4v) is 3.29. The molecule has 0 saturated heterocycles. The second-order valence-electron chi connectivity index (χ2n) is 4.87. The predicted molar refractivity (Wildman–Crippen MR) is 59.6 cm³/mol. The number of hydrogen-bond donors (Lipinski definition) is 0. The van der Waals surface area contributed by atoms with E-state index >= 15 is 0 Å². The molecule has 2 heteroatoms. The van der Waals surface area contributed by atoms with Crippen molar-refractivity contribution in [2.45, 2.75) is 31.7 Å². The molecule has 3 rings (SSSR count). The maximum absolute atomic E-state index is 10.9. The molecule has 1 aromatic carbocycles. The zero-order valence-corrected chi connectivity index (χ0v) is 8.73. The summed E-state index contributed by atoms with van der Waals surface area (Å²) in [4.78, 5) is 10.9. The highest BCUT2D eigenvalue weighted by Gasteiger charge is 2.39. The van der Waals surface area contributed by atoms with Gasteiger partial charge in [-0.25, -0.2) is 0 Å². The van der Waals surface area contributed by atoms with Crippen molar-refractivity contribution in [1.29, 1.82) is 0 Å². The van der Waals surface area contributed by atoms with E-state index in [0.717, 1.165) is 12.8 Å². The van der Waals surface area contributed by atoms with E-state index in [-0.39, 0.29) is 6.04 Å². The number of hydrogen-bond acceptors (Lipinski definition) is 2. The Bertz CT molecular complexity index is 355. The summed E-state index contributed by atoms with van der Waals surface area (Å²) in [6, 6.07) is 8.69. The summed E-state index contributed by atoms with van der Waals surface area (Å²) in [6.45, 7) is 0. The molecule has 1 fully saturated rings. The number of rotatable bonds is 1. The second-order valence-corrected chi connectivity index (χ2v) is 4.87. The maximum atomic E-state index is 10.9. The minimum atomic E-state index is 0.0809. The molecule has 1 unspecified atom stereocenters. The lowest BCUT2D eigenvalue weighted by Crippen LogP contribution is -2.18. The molecule has 0 spiro atoms. The van der Waals surface area contributed by atoms with Crippen LogP contribution in [0, 0.1) is 16.7 Å². The van der Waals surface area contributed by atoms with Gasteiger partial charge in [0.05, 0.1) is 6.04 Å². The van der Waals surface area contributed by atoms with Gasteiger partial charge in [-0.05, 0) is 48.6 Å². The van der Waals surface area contributed by atoms with Gasteiger partial charge in [0.25, 0.3) is 0 Å². The van der Waals surface area contributed by atoms with Gasteiger partial charge in [0.2, 0.25) is 0 Å². The van der Waals surface area contributed by atoms with Crippen LogP contribution < -0.4 is 0 Å². The summed E-state index contributed by atoms with van der Waals surface area (Å²) in [5, 5.41) is 3.37. The minimum absolute atomic E-state index is 0.0809. The van der Waals surface area contributed by atoms with E-state index in [2.05, 4.69) is 29.4 Å². The zero-order chi connectivity index (χ0) is 10.3. The molecule has 0 radical (unpaired) electrons. The van der Waals surface area contributed by atoms with Crippen molar-refractivity contribution in [2.75, 3.05) is 0 Å². The van der Waals surface area contributed by atoms with Gasteiger partial charge in [-0.2, -0.15) is 4.91 Å². The van der Waals surface area contributed by atoms with Crippen LogP contribution in [0.3, 0.4) is 0 Å². The minimum Gasteiger partial charge on any atom is -0.150 e. The molecule has 2 aliphatic carbocycles. The van der Waals surface area contributed by atoms with Crippen molar-refractivity contribution in [2.24, 2.45) is 17.0 Å². The normalized spacial score (nSPS) is 33.2. The van der Waals surface area contributed by atoms with Crippen molar-refractivity contribution in [3.63, 3.8) is 0 Å². The Morgan fingerprint density at radius 2 is 1.53 bits per heavy atom. The number of nitroso groups, excluding NO2 is 1. The summed E-state index contributed by atoms with van der Waals surface area (Å²) < 4.78 is 0. The molecule has 3 atom stereocenters. The predicted octanol–water partition coefficient (Wildman–Crippen LogP) is 2.95. The Balaban J connectivity index is 2.00. The standard InChI is InChI=1S/C13H15NO/c15-14-13-11-5-6-12(13)8-10-4-2-1-3-9(10)7-11/h1-4,11-13H,5-8H2/t11-,12+,13?. The first-order valence-electron chi connectivity index (χ1n) is 5.77. The highest BCUT2D eigenvalue weighted by molar-refractivity contribution is 5.30. The first kappa shape index (κ1) is 9.08. The van der Waals surface area contributed by atoms with E-state index in [9.17, 15) is 4.91 Å². The summed E-state index contributed by atoms with van der Waals surface area (Å²) in [6.07, 6.45) is 4.50. The van der Waals surface area contributed by atoms with Crippen molar-refractivity contribution >= 4 is 0 Å². The van der Waals surface area contributed by atoms with Crippen molar-refractivity contribution in [3.8, 4) is 0 Å². The highest BCUT2D eigenvalue weighted by atomic mass is 16.3. The van der Waals surface area contributed by atoms with Gasteiger partial charge >= 0.3 is 0 Å². The van der Waals surface area contributed by atoms with Gasteiger partial charge in [-0.3, -0.25) is 0 Å². The van der Waals surface area contributed by atoms with E-state index in [1.165, 1.54) is 24.0 Å². The summed E-state index contributed by atoms with van der Waals surface area (Å²) in [7, 11) is 0. The third-order valence-corrected chi connectivity index (χ3v) is 4.08. The largest absolute Gasteiger partial charge is 0.150 e. The average Bonchev–Trinajstić information content (AvgIpc) is 2.54. The van der Waals surface area contributed by atoms with Gasteiger partial charge in [0.15, 0.2) is 0 Å². The quantitative estimate of drug-likeness (QED) is 0.642. The lowest BCUT2D eigenvalue weighted by atomic mass is 9.94. The number of fused-ring (bicyclic) bond motifs is 3. The third kappa shape index (κ3) is 1.39. The molecule has 15 heavy (non-hydrogen) atoms. The molecule has 0 heterocycles. The lowest BCUT2D eigenvalue weighted by molar-refractivity contribution is 0.421. The van der Waals surface area contributed by atoms with Crippen LogP contribution in [0.4, 0.5) is 0 Å². The molecule has 0 N–H and O–H groups in total. The topological polar surface area (TPSA) is 29.4 Å². The molecule has 0 aliphatic heterocycles. The number of benzene rings is 1. The van der Waals surface area contributed by atoms with Crippen molar-refractivity contribution in [3.05, 3.63) is 40.3 Å². The monoisotopic (exact) mass is 201 g/mol. The van der Waals surface area contributed by atoms with Crippen molar-refractivity contribution < 1.29 is 0 Å². The molecule has 78 valence electrons. The van der Waals surface area contributed by atoms with Crippen LogP contribution in [-0.2, 0) is 12.8 Å². The van der Waals surface area contributed by atoms with Crippen LogP contribution in [0.15, 0.2) is 29.4 Å². The van der Waals surface area contributed by atoms with E-state index in [4.69, 9.17) is 0 Å². The fourth-order valence-electron chi connectivity index (χ4n) is 3.29. The Morgan fingerprint density at radius 3 is 2.00 bits per heavy atom. The first-order valence-corrected chi connectivity index (χ1v) is 5.77. The maximum Gasteiger partial charge on any atom is 0.0982 e. The number of nitrogens with zero attached hydrogens (tertiary/aromatic N) is 1. The molecule has 2 bridgehead atoms. The van der Waals surface area contributed by atoms with Crippen LogP contribution in [0.25, 0.3) is 0 Å². The van der Waals surface area contributed by atoms with E-state index < -0.39 is 0 Å². The Kier molecular flexibility index (Phi) is 2.08. The van der Waals surface area contributed by atoms with E-state index in [1.54, 1.807) is 0 Å². The molecule has 0 aromatic heterocycles. The second kappa shape index (κ2) is 3.44. The van der Waals surface area contributed by atoms with E-state index in [0.29, 0.717) is 11.8 Å². The molecular weight excluding hydrogens is 186 g/mol. The average molecular weight is 201 g/mol. The highest BCUT2D eigenvalue weighted by Crippen LogP contribution is 2.41. The molecule has 2 aliphatic rings. The Hall–Kier alpha value is -1.18. The lowest BCUT2D eigenvalue weighted by Gasteiger charge is -2.12. The molecule has 1 saturated carbocycles. The van der Waals surface area contributed by atoms with Gasteiger partial charge in [0.1, 0.15) is 0 Å². The molecule has 2 nitrogen and oxygen atoms in total. The molecular formula is C13H15NO. The first-order chi connectivity index (χ1) is 7.38. The summed E-state index contributed by atoms with van der Waals surface area (Å²) >= 11 is 0. The van der Waals surface area contributed by atoms with Crippen molar-refractivity contribution in [1.82, 2.24) is 0 Å². The zero-order valence-electron chi connectivity index (χ0n) is 8.73. The summed E-state index contributed by atoms with van der Waals surface area (Å²) in [5.41, 5.74) is 2.89. The van der Waals surface area contributed by atoms with Gasteiger partial charge in [-0.1, -0.05) is 29.4 Å². The Morgan fingerprint density at radius 1 is 1.00 bits per heavy atom. The fraction of sp³-hybridized carbons (Fsp3) is 0.538.